The zero-order chi connectivity index (χ0) is 19.8. The van der Waals surface area contributed by atoms with Crippen LogP contribution in [-0.2, 0) is 6.54 Å². The van der Waals surface area contributed by atoms with E-state index in [1.54, 1.807) is 10.8 Å². The molecule has 0 saturated carbocycles. The van der Waals surface area contributed by atoms with E-state index in [0.29, 0.717) is 18.1 Å². The first-order valence-corrected chi connectivity index (χ1v) is 8.60. The first-order chi connectivity index (χ1) is 13.5. The largest absolute Gasteiger partial charge is 0.384 e. The highest BCUT2D eigenvalue weighted by atomic mass is 16.2. The van der Waals surface area contributed by atoms with Crippen molar-refractivity contribution < 1.29 is 4.79 Å². The molecule has 28 heavy (non-hydrogen) atoms. The lowest BCUT2D eigenvalue weighted by molar-refractivity contribution is 0.1000. The number of aryl methyl sites for hydroxylation is 1. The number of amides is 1. The van der Waals surface area contributed by atoms with Crippen LogP contribution in [0.1, 0.15) is 17.3 Å². The maximum atomic E-state index is 12.6. The van der Waals surface area contributed by atoms with Gasteiger partial charge in [-0.3, -0.25) is 14.6 Å². The maximum absolute atomic E-state index is 12.6. The SMILES string of the molecule is CCn1c(N)c(C(N)=O)c(=O)c2cnc(Nc3ccc4ncccc4c3)nc21. The van der Waals surface area contributed by atoms with Gasteiger partial charge in [-0.25, -0.2) is 4.98 Å². The van der Waals surface area contributed by atoms with E-state index in [2.05, 4.69) is 20.3 Å². The van der Waals surface area contributed by atoms with Gasteiger partial charge >= 0.3 is 0 Å². The minimum Gasteiger partial charge on any atom is -0.384 e. The molecule has 0 unspecified atom stereocenters. The van der Waals surface area contributed by atoms with E-state index in [9.17, 15) is 9.59 Å². The van der Waals surface area contributed by atoms with Gasteiger partial charge in [-0.15, -0.1) is 0 Å². The van der Waals surface area contributed by atoms with Crippen LogP contribution in [0.4, 0.5) is 17.5 Å². The molecule has 5 N–H and O–H groups in total. The summed E-state index contributed by atoms with van der Waals surface area (Å²) in [5.41, 5.74) is 12.5. The average molecular weight is 375 g/mol. The van der Waals surface area contributed by atoms with E-state index in [1.165, 1.54) is 6.20 Å². The summed E-state index contributed by atoms with van der Waals surface area (Å²) in [6.45, 7) is 2.23. The zero-order valence-electron chi connectivity index (χ0n) is 15.0. The molecular formula is C19H17N7O2. The lowest BCUT2D eigenvalue weighted by atomic mass is 10.1. The van der Waals surface area contributed by atoms with Gasteiger partial charge in [0.25, 0.3) is 5.91 Å². The van der Waals surface area contributed by atoms with Gasteiger partial charge in [0.2, 0.25) is 11.4 Å². The lowest BCUT2D eigenvalue weighted by Gasteiger charge is -2.14. The van der Waals surface area contributed by atoms with E-state index in [0.717, 1.165) is 16.6 Å². The van der Waals surface area contributed by atoms with Crippen molar-refractivity contribution in [3.8, 4) is 0 Å². The number of pyridine rings is 2. The van der Waals surface area contributed by atoms with Crippen molar-refractivity contribution in [1.82, 2.24) is 19.5 Å². The summed E-state index contributed by atoms with van der Waals surface area (Å²) < 4.78 is 1.56. The molecule has 0 bridgehead atoms. The third kappa shape index (κ3) is 2.78. The number of hydrogen-bond donors (Lipinski definition) is 3. The van der Waals surface area contributed by atoms with Crippen LogP contribution in [0.5, 0.6) is 0 Å². The van der Waals surface area contributed by atoms with Gasteiger partial charge in [-0.1, -0.05) is 6.07 Å². The number of carbonyl (C=O) groups excluding carboxylic acids is 1. The Balaban J connectivity index is 1.83. The number of anilines is 3. The van der Waals surface area contributed by atoms with Crippen molar-refractivity contribution >= 4 is 45.3 Å². The third-order valence-electron chi connectivity index (χ3n) is 4.46. The Labute approximate surface area is 159 Å². The molecule has 9 heteroatoms. The summed E-state index contributed by atoms with van der Waals surface area (Å²) in [6.07, 6.45) is 3.10. The maximum Gasteiger partial charge on any atom is 0.256 e. The number of nitrogens with two attached hydrogens (primary N) is 2. The van der Waals surface area contributed by atoms with E-state index >= 15 is 0 Å². The van der Waals surface area contributed by atoms with Crippen LogP contribution in [0.25, 0.3) is 21.9 Å². The lowest BCUT2D eigenvalue weighted by Crippen LogP contribution is -2.28. The van der Waals surface area contributed by atoms with Crippen molar-refractivity contribution in [3.63, 3.8) is 0 Å². The molecule has 4 aromatic rings. The van der Waals surface area contributed by atoms with Crippen molar-refractivity contribution in [2.75, 3.05) is 11.1 Å². The highest BCUT2D eigenvalue weighted by molar-refractivity contribution is 6.00. The monoisotopic (exact) mass is 375 g/mol. The third-order valence-corrected chi connectivity index (χ3v) is 4.46. The van der Waals surface area contributed by atoms with Crippen LogP contribution < -0.4 is 22.2 Å². The Morgan fingerprint density at radius 2 is 2.07 bits per heavy atom. The van der Waals surface area contributed by atoms with Gasteiger partial charge in [0.05, 0.1) is 10.9 Å². The predicted octanol–water partition coefficient (Wildman–Crippen LogP) is 1.78. The van der Waals surface area contributed by atoms with E-state index in [4.69, 9.17) is 11.5 Å². The molecule has 0 fully saturated rings. The van der Waals surface area contributed by atoms with E-state index < -0.39 is 11.3 Å². The Bertz CT molecular complexity index is 1300. The topological polar surface area (TPSA) is 142 Å². The van der Waals surface area contributed by atoms with Crippen LogP contribution in [0.3, 0.4) is 0 Å². The Kier molecular flexibility index (Phi) is 4.11. The minimum atomic E-state index is -0.876. The summed E-state index contributed by atoms with van der Waals surface area (Å²) in [7, 11) is 0. The van der Waals surface area contributed by atoms with Crippen molar-refractivity contribution in [2.45, 2.75) is 13.5 Å². The fraction of sp³-hybridized carbons (Fsp3) is 0.105. The quantitative estimate of drug-likeness (QED) is 0.493. The number of nitrogens with zero attached hydrogens (tertiary/aromatic N) is 4. The number of nitrogen functional groups attached to an aromatic ring is 1. The molecular weight excluding hydrogens is 358 g/mol. The zero-order valence-corrected chi connectivity index (χ0v) is 15.0. The van der Waals surface area contributed by atoms with Gasteiger partial charge in [-0.2, -0.15) is 4.98 Å². The molecule has 0 atom stereocenters. The van der Waals surface area contributed by atoms with Crippen molar-refractivity contribution in [2.24, 2.45) is 5.73 Å². The molecule has 0 aliphatic rings. The molecule has 0 saturated heterocycles. The molecule has 3 heterocycles. The molecule has 140 valence electrons. The second-order valence-electron chi connectivity index (χ2n) is 6.16. The molecule has 1 amide bonds. The first-order valence-electron chi connectivity index (χ1n) is 8.60. The standard InChI is InChI=1S/C19H17N7O2/c1-2-26-16(20)14(17(21)28)15(27)12-9-23-19(25-18(12)26)24-11-5-6-13-10(8-11)4-3-7-22-13/h3-9H,2,20H2,1H3,(H2,21,28)(H,23,24,25). The number of aromatic nitrogens is 4. The van der Waals surface area contributed by atoms with Crippen LogP contribution in [-0.4, -0.2) is 25.4 Å². The first kappa shape index (κ1) is 17.4. The highest BCUT2D eigenvalue weighted by Crippen LogP contribution is 2.21. The van der Waals surface area contributed by atoms with Gasteiger partial charge in [0.15, 0.2) is 5.65 Å². The molecule has 1 aromatic carbocycles. The van der Waals surface area contributed by atoms with Crippen LogP contribution >= 0.6 is 0 Å². The van der Waals surface area contributed by atoms with Gasteiger partial charge < -0.3 is 21.4 Å². The summed E-state index contributed by atoms with van der Waals surface area (Å²) in [6, 6.07) is 9.48. The molecule has 0 radical (unpaired) electrons. The predicted molar refractivity (Wildman–Crippen MR) is 107 cm³/mol. The fourth-order valence-corrected chi connectivity index (χ4v) is 3.14. The fourth-order valence-electron chi connectivity index (χ4n) is 3.14. The number of rotatable bonds is 4. The number of benzene rings is 1. The van der Waals surface area contributed by atoms with Crippen LogP contribution in [0, 0.1) is 0 Å². The van der Waals surface area contributed by atoms with Gasteiger partial charge in [0, 0.05) is 30.0 Å². The second-order valence-corrected chi connectivity index (χ2v) is 6.16. The van der Waals surface area contributed by atoms with Crippen molar-refractivity contribution in [1.29, 1.82) is 0 Å². The number of carbonyl (C=O) groups is 1. The molecule has 9 nitrogen and oxygen atoms in total. The average Bonchev–Trinajstić information content (AvgIpc) is 2.68. The van der Waals surface area contributed by atoms with Gasteiger partial charge in [-0.05, 0) is 31.2 Å². The highest BCUT2D eigenvalue weighted by Gasteiger charge is 2.19. The number of hydrogen-bond acceptors (Lipinski definition) is 7. The summed E-state index contributed by atoms with van der Waals surface area (Å²) in [5.74, 6) is -0.587. The number of fused-ring (bicyclic) bond motifs is 2. The summed E-state index contributed by atoms with van der Waals surface area (Å²) in [4.78, 5) is 37.1. The van der Waals surface area contributed by atoms with E-state index in [1.807, 2.05) is 37.3 Å². The molecule has 4 rings (SSSR count). The van der Waals surface area contributed by atoms with Crippen LogP contribution in [0.2, 0.25) is 0 Å². The summed E-state index contributed by atoms with van der Waals surface area (Å²) >= 11 is 0. The molecule has 0 spiro atoms. The molecule has 3 aromatic heterocycles. The smallest absolute Gasteiger partial charge is 0.256 e. The van der Waals surface area contributed by atoms with E-state index in [-0.39, 0.29) is 16.8 Å². The summed E-state index contributed by atoms with van der Waals surface area (Å²) in [5, 5.41) is 4.26. The molecule has 0 aliphatic heterocycles. The second kappa shape index (κ2) is 6.62. The molecule has 0 aliphatic carbocycles. The van der Waals surface area contributed by atoms with Crippen molar-refractivity contribution in [3.05, 3.63) is 58.5 Å². The number of primary amides is 1. The minimum absolute atomic E-state index is 0.00562. The Morgan fingerprint density at radius 1 is 1.25 bits per heavy atom. The Hall–Kier alpha value is -4.01. The van der Waals surface area contributed by atoms with Gasteiger partial charge in [0.1, 0.15) is 11.4 Å². The number of nitrogens with one attached hydrogen (secondary N) is 1. The Morgan fingerprint density at radius 3 is 2.82 bits per heavy atom. The van der Waals surface area contributed by atoms with Crippen LogP contribution in [0.15, 0.2) is 47.5 Å². The normalized spacial score (nSPS) is 11.0.